The van der Waals surface area contributed by atoms with Crippen molar-refractivity contribution in [2.45, 2.75) is 26.4 Å². The molecule has 2 heterocycles. The average Bonchev–Trinajstić information content (AvgIpc) is 3.03. The summed E-state index contributed by atoms with van der Waals surface area (Å²) >= 11 is 1.35. The van der Waals surface area contributed by atoms with E-state index in [0.717, 1.165) is 12.1 Å². The second kappa shape index (κ2) is 7.00. The first-order valence-corrected chi connectivity index (χ1v) is 8.78. The number of nitrogens with one attached hydrogen (secondary N) is 2. The van der Waals surface area contributed by atoms with Crippen LogP contribution in [0.1, 0.15) is 30.6 Å². The largest absolute Gasteiger partial charge is 0.364 e. The lowest BCUT2D eigenvalue weighted by atomic mass is 10.0. The van der Waals surface area contributed by atoms with Crippen molar-refractivity contribution in [1.29, 1.82) is 0 Å². The third kappa shape index (κ3) is 3.56. The molecule has 1 aliphatic heterocycles. The predicted octanol–water partition coefficient (Wildman–Crippen LogP) is 3.02. The Bertz CT molecular complexity index is 730. The van der Waals surface area contributed by atoms with Gasteiger partial charge in [-0.05, 0) is 24.5 Å². The van der Waals surface area contributed by atoms with Crippen molar-refractivity contribution in [3.05, 3.63) is 41.4 Å². The van der Waals surface area contributed by atoms with Gasteiger partial charge >= 0.3 is 0 Å². The molecule has 3 rings (SSSR count). The van der Waals surface area contributed by atoms with Crippen LogP contribution in [-0.4, -0.2) is 34.4 Å². The van der Waals surface area contributed by atoms with Crippen molar-refractivity contribution in [2.75, 3.05) is 17.2 Å². The van der Waals surface area contributed by atoms with Crippen molar-refractivity contribution < 1.29 is 9.59 Å². The molecular formula is C17H20N4O2S. The number of hydrogen-bond donors (Lipinski definition) is 2. The second-order valence-corrected chi connectivity index (χ2v) is 7.05. The number of nitrogens with zero attached hydrogens (tertiary/aromatic N) is 2. The summed E-state index contributed by atoms with van der Waals surface area (Å²) in [6, 6.07) is 7.40. The molecule has 1 aliphatic rings. The first-order chi connectivity index (χ1) is 11.5. The predicted molar refractivity (Wildman–Crippen MR) is 95.1 cm³/mol. The van der Waals surface area contributed by atoms with Crippen LogP contribution < -0.4 is 10.6 Å². The fraction of sp³-hybridized carbons (Fsp3) is 0.353. The van der Waals surface area contributed by atoms with Crippen LogP contribution in [0.15, 0.2) is 35.8 Å². The Morgan fingerprint density at radius 3 is 2.92 bits per heavy atom. The summed E-state index contributed by atoms with van der Waals surface area (Å²) in [5, 5.41) is 8.45. The van der Waals surface area contributed by atoms with Gasteiger partial charge in [-0.2, -0.15) is 0 Å². The molecule has 1 aromatic heterocycles. The summed E-state index contributed by atoms with van der Waals surface area (Å²) in [5.74, 6) is 0.0302. The number of carbonyl (C=O) groups excluding carboxylic acids is 2. The molecule has 126 valence electrons. The van der Waals surface area contributed by atoms with Gasteiger partial charge in [0.2, 0.25) is 5.91 Å². The molecule has 24 heavy (non-hydrogen) atoms. The van der Waals surface area contributed by atoms with E-state index in [-0.39, 0.29) is 24.5 Å². The molecule has 1 aromatic carbocycles. The molecule has 2 N–H and O–H groups in total. The Labute approximate surface area is 144 Å². The number of thiazole rings is 1. The molecule has 0 bridgehead atoms. The normalized spacial score (nSPS) is 16.7. The molecule has 2 aromatic rings. The minimum absolute atomic E-state index is 0.00284. The maximum absolute atomic E-state index is 12.8. The van der Waals surface area contributed by atoms with E-state index >= 15 is 0 Å². The van der Waals surface area contributed by atoms with Crippen LogP contribution in [0, 0.1) is 5.92 Å². The summed E-state index contributed by atoms with van der Waals surface area (Å²) in [6.45, 7) is 4.19. The van der Waals surface area contributed by atoms with Gasteiger partial charge in [-0.3, -0.25) is 9.59 Å². The van der Waals surface area contributed by atoms with Gasteiger partial charge in [0.25, 0.3) is 5.91 Å². The van der Waals surface area contributed by atoms with E-state index in [1.807, 2.05) is 18.2 Å². The molecule has 0 saturated heterocycles. The van der Waals surface area contributed by atoms with Crippen molar-refractivity contribution in [2.24, 2.45) is 5.92 Å². The summed E-state index contributed by atoms with van der Waals surface area (Å²) in [7, 11) is 0. The lowest BCUT2D eigenvalue weighted by Crippen LogP contribution is -2.52. The zero-order valence-electron chi connectivity index (χ0n) is 13.7. The third-order valence-corrected chi connectivity index (χ3v) is 4.49. The Kier molecular flexibility index (Phi) is 4.80. The van der Waals surface area contributed by atoms with E-state index < -0.39 is 0 Å². The number of hydrogen-bond acceptors (Lipinski definition) is 5. The lowest BCUT2D eigenvalue weighted by molar-refractivity contribution is -0.117. The van der Waals surface area contributed by atoms with E-state index in [0.29, 0.717) is 16.6 Å². The van der Waals surface area contributed by atoms with E-state index in [1.54, 1.807) is 22.5 Å². The van der Waals surface area contributed by atoms with Gasteiger partial charge in [0, 0.05) is 17.3 Å². The SMILES string of the molecule is CC(C)C[C@H]1Nc2ccccc2C(=O)N1CC(=O)Nc1nccs1. The number of aromatic nitrogens is 1. The van der Waals surface area contributed by atoms with Crippen LogP contribution in [0.2, 0.25) is 0 Å². The minimum atomic E-state index is -0.242. The quantitative estimate of drug-likeness (QED) is 0.874. The third-order valence-electron chi connectivity index (χ3n) is 3.80. The zero-order chi connectivity index (χ0) is 17.1. The first kappa shape index (κ1) is 16.4. The maximum Gasteiger partial charge on any atom is 0.258 e. The van der Waals surface area contributed by atoms with Crippen LogP contribution in [-0.2, 0) is 4.79 Å². The van der Waals surface area contributed by atoms with Gasteiger partial charge in [0.05, 0.1) is 5.56 Å². The number of carbonyl (C=O) groups is 2. The molecule has 7 heteroatoms. The topological polar surface area (TPSA) is 74.3 Å². The number of para-hydroxylation sites is 1. The van der Waals surface area contributed by atoms with E-state index in [1.165, 1.54) is 11.3 Å². The molecule has 0 unspecified atom stereocenters. The van der Waals surface area contributed by atoms with Gasteiger partial charge in [-0.1, -0.05) is 26.0 Å². The van der Waals surface area contributed by atoms with Gasteiger partial charge in [0.1, 0.15) is 12.7 Å². The highest BCUT2D eigenvalue weighted by Gasteiger charge is 2.33. The van der Waals surface area contributed by atoms with Gasteiger partial charge in [0.15, 0.2) is 5.13 Å². The summed E-state index contributed by atoms with van der Waals surface area (Å²) in [4.78, 5) is 30.8. The Balaban J connectivity index is 1.79. The van der Waals surface area contributed by atoms with Gasteiger partial charge in [-0.15, -0.1) is 11.3 Å². The molecule has 1 atom stereocenters. The van der Waals surface area contributed by atoms with Crippen LogP contribution in [0.25, 0.3) is 0 Å². The van der Waals surface area contributed by atoms with Crippen LogP contribution in [0.3, 0.4) is 0 Å². The molecule has 6 nitrogen and oxygen atoms in total. The molecule has 0 radical (unpaired) electrons. The summed E-state index contributed by atoms with van der Waals surface area (Å²) in [5.41, 5.74) is 1.42. The molecule has 0 aliphatic carbocycles. The van der Waals surface area contributed by atoms with Crippen molar-refractivity contribution in [1.82, 2.24) is 9.88 Å². The Hall–Kier alpha value is -2.41. The van der Waals surface area contributed by atoms with Crippen molar-refractivity contribution in [3.63, 3.8) is 0 Å². The fourth-order valence-electron chi connectivity index (χ4n) is 2.76. The standard InChI is InChI=1S/C17H20N4O2S/c1-11(2)9-14-19-13-6-4-3-5-12(13)16(23)21(14)10-15(22)20-17-18-7-8-24-17/h3-8,11,14,19H,9-10H2,1-2H3,(H,18,20,22)/t14-/m0/s1. The van der Waals surface area contributed by atoms with Gasteiger partial charge < -0.3 is 15.5 Å². The minimum Gasteiger partial charge on any atom is -0.364 e. The smallest absolute Gasteiger partial charge is 0.258 e. The van der Waals surface area contributed by atoms with E-state index in [4.69, 9.17) is 0 Å². The summed E-state index contributed by atoms with van der Waals surface area (Å²) in [6.07, 6.45) is 2.20. The van der Waals surface area contributed by atoms with Gasteiger partial charge in [-0.25, -0.2) is 4.98 Å². The maximum atomic E-state index is 12.8. The van der Waals surface area contributed by atoms with Crippen molar-refractivity contribution in [3.8, 4) is 0 Å². The lowest BCUT2D eigenvalue weighted by Gasteiger charge is -2.38. The first-order valence-electron chi connectivity index (χ1n) is 7.90. The van der Waals surface area contributed by atoms with Crippen LogP contribution in [0.4, 0.5) is 10.8 Å². The Morgan fingerprint density at radius 2 is 2.21 bits per heavy atom. The second-order valence-electron chi connectivity index (χ2n) is 6.15. The number of amides is 2. The highest BCUT2D eigenvalue weighted by atomic mass is 32.1. The number of rotatable bonds is 5. The van der Waals surface area contributed by atoms with Crippen LogP contribution >= 0.6 is 11.3 Å². The number of fused-ring (bicyclic) bond motifs is 1. The number of anilines is 2. The average molecular weight is 344 g/mol. The fourth-order valence-corrected chi connectivity index (χ4v) is 3.31. The number of benzene rings is 1. The van der Waals surface area contributed by atoms with Crippen molar-refractivity contribution >= 4 is 34.0 Å². The zero-order valence-corrected chi connectivity index (χ0v) is 14.5. The molecular weight excluding hydrogens is 324 g/mol. The van der Waals surface area contributed by atoms with E-state index in [9.17, 15) is 9.59 Å². The molecule has 0 fully saturated rings. The Morgan fingerprint density at radius 1 is 1.42 bits per heavy atom. The monoisotopic (exact) mass is 344 g/mol. The molecule has 0 saturated carbocycles. The molecule has 0 spiro atoms. The highest BCUT2D eigenvalue weighted by Crippen LogP contribution is 2.27. The van der Waals surface area contributed by atoms with E-state index in [2.05, 4.69) is 29.5 Å². The summed E-state index contributed by atoms with van der Waals surface area (Å²) < 4.78 is 0. The van der Waals surface area contributed by atoms with Crippen LogP contribution in [0.5, 0.6) is 0 Å². The molecule has 2 amide bonds. The highest BCUT2D eigenvalue weighted by molar-refractivity contribution is 7.13.